The van der Waals surface area contributed by atoms with Gasteiger partial charge in [0.25, 0.3) is 0 Å². The number of nitrogens with zero attached hydrogens (tertiary/aromatic N) is 3. The zero-order valence-corrected chi connectivity index (χ0v) is 10.6. The van der Waals surface area contributed by atoms with Gasteiger partial charge in [0.15, 0.2) is 4.77 Å². The third kappa shape index (κ3) is 2.27. The van der Waals surface area contributed by atoms with Crippen molar-refractivity contribution in [3.63, 3.8) is 0 Å². The van der Waals surface area contributed by atoms with E-state index in [9.17, 15) is 0 Å². The normalized spacial score (nSPS) is 21.4. The van der Waals surface area contributed by atoms with Crippen molar-refractivity contribution < 1.29 is 4.74 Å². The van der Waals surface area contributed by atoms with Crippen molar-refractivity contribution >= 4 is 18.2 Å². The van der Waals surface area contributed by atoms with Gasteiger partial charge in [-0.15, -0.1) is 5.10 Å². The molecule has 0 radical (unpaired) electrons. The van der Waals surface area contributed by atoms with Crippen molar-refractivity contribution in [3.05, 3.63) is 4.77 Å². The number of ether oxygens (including phenoxy) is 1. The first-order valence-electron chi connectivity index (χ1n) is 5.57. The van der Waals surface area contributed by atoms with Crippen LogP contribution in [0.25, 0.3) is 0 Å². The van der Waals surface area contributed by atoms with Gasteiger partial charge >= 0.3 is 0 Å². The summed E-state index contributed by atoms with van der Waals surface area (Å²) in [6, 6.07) is 0. The minimum atomic E-state index is 0.601. The maximum Gasteiger partial charge on any atom is 0.225 e. The Labute approximate surface area is 100 Å². The third-order valence-corrected chi connectivity index (χ3v) is 3.43. The van der Waals surface area contributed by atoms with Crippen molar-refractivity contribution in [2.24, 2.45) is 13.0 Å². The molecule has 5 nitrogen and oxygen atoms in total. The Balaban J connectivity index is 2.09. The van der Waals surface area contributed by atoms with E-state index >= 15 is 0 Å². The molecule has 1 fully saturated rings. The molecule has 16 heavy (non-hydrogen) atoms. The number of nitrogens with one attached hydrogen (secondary N) is 1. The van der Waals surface area contributed by atoms with Gasteiger partial charge in [-0.1, -0.05) is 0 Å². The molecule has 0 saturated carbocycles. The van der Waals surface area contributed by atoms with Crippen LogP contribution in [0, 0.1) is 10.7 Å². The molecule has 1 aromatic heterocycles. The molecule has 0 bridgehead atoms. The summed E-state index contributed by atoms with van der Waals surface area (Å²) >= 11 is 5.12. The first-order valence-corrected chi connectivity index (χ1v) is 5.98. The number of aromatic nitrogens is 3. The van der Waals surface area contributed by atoms with Crippen LogP contribution in [-0.4, -0.2) is 41.6 Å². The number of methoxy groups -OCH3 is 1. The molecule has 90 valence electrons. The lowest BCUT2D eigenvalue weighted by Crippen LogP contribution is -2.38. The summed E-state index contributed by atoms with van der Waals surface area (Å²) in [5.74, 6) is 1.54. The summed E-state index contributed by atoms with van der Waals surface area (Å²) in [4.78, 5) is 2.28. The number of hydrogen-bond acceptors (Lipinski definition) is 4. The van der Waals surface area contributed by atoms with Crippen LogP contribution in [-0.2, 0) is 11.8 Å². The fourth-order valence-corrected chi connectivity index (χ4v) is 2.37. The summed E-state index contributed by atoms with van der Waals surface area (Å²) in [6.45, 7) is 2.88. The van der Waals surface area contributed by atoms with Gasteiger partial charge in [0, 0.05) is 27.2 Å². The molecule has 0 aromatic carbocycles. The number of H-pyrrole nitrogens is 1. The highest BCUT2D eigenvalue weighted by Gasteiger charge is 2.22. The van der Waals surface area contributed by atoms with E-state index in [0.29, 0.717) is 10.7 Å². The highest BCUT2D eigenvalue weighted by atomic mass is 32.1. The Bertz CT molecular complexity index is 398. The van der Waals surface area contributed by atoms with E-state index < -0.39 is 0 Å². The van der Waals surface area contributed by atoms with E-state index in [1.807, 2.05) is 11.6 Å². The van der Waals surface area contributed by atoms with Crippen molar-refractivity contribution in [3.8, 4) is 0 Å². The monoisotopic (exact) mass is 242 g/mol. The smallest absolute Gasteiger partial charge is 0.225 e. The molecular formula is C10H18N4OS. The van der Waals surface area contributed by atoms with Gasteiger partial charge in [0.05, 0.1) is 6.61 Å². The summed E-state index contributed by atoms with van der Waals surface area (Å²) in [6.07, 6.45) is 2.42. The van der Waals surface area contributed by atoms with Crippen LogP contribution in [0.15, 0.2) is 0 Å². The Morgan fingerprint density at radius 2 is 2.44 bits per heavy atom. The van der Waals surface area contributed by atoms with E-state index in [0.717, 1.165) is 25.6 Å². The van der Waals surface area contributed by atoms with E-state index in [4.69, 9.17) is 17.0 Å². The topological polar surface area (TPSA) is 46.1 Å². The van der Waals surface area contributed by atoms with E-state index in [1.54, 1.807) is 7.11 Å². The third-order valence-electron chi connectivity index (χ3n) is 3.06. The molecule has 2 heterocycles. The van der Waals surface area contributed by atoms with Gasteiger partial charge in [0.1, 0.15) is 0 Å². The quantitative estimate of drug-likeness (QED) is 0.813. The van der Waals surface area contributed by atoms with Gasteiger partial charge in [0.2, 0.25) is 5.95 Å². The number of anilines is 1. The molecule has 0 aliphatic carbocycles. The summed E-state index contributed by atoms with van der Waals surface area (Å²) in [7, 11) is 3.70. The average Bonchev–Trinajstić information content (AvgIpc) is 2.61. The largest absolute Gasteiger partial charge is 0.384 e. The van der Waals surface area contributed by atoms with Crippen LogP contribution < -0.4 is 4.90 Å². The van der Waals surface area contributed by atoms with Crippen LogP contribution in [0.2, 0.25) is 0 Å². The minimum absolute atomic E-state index is 0.601. The van der Waals surface area contributed by atoms with Crippen molar-refractivity contribution in [2.75, 3.05) is 31.7 Å². The van der Waals surface area contributed by atoms with E-state index in [2.05, 4.69) is 15.1 Å². The lowest BCUT2D eigenvalue weighted by atomic mass is 9.99. The first kappa shape index (κ1) is 11.6. The van der Waals surface area contributed by atoms with Gasteiger partial charge in [-0.05, 0) is 31.0 Å². The second-order valence-electron chi connectivity index (χ2n) is 4.30. The molecule has 1 aromatic rings. The summed E-state index contributed by atoms with van der Waals surface area (Å²) in [5.41, 5.74) is 0. The van der Waals surface area contributed by atoms with Crippen molar-refractivity contribution in [1.82, 2.24) is 14.8 Å². The first-order chi connectivity index (χ1) is 7.72. The Morgan fingerprint density at radius 3 is 3.06 bits per heavy atom. The molecule has 1 atom stereocenters. The Kier molecular flexibility index (Phi) is 3.60. The second-order valence-corrected chi connectivity index (χ2v) is 4.68. The number of hydrogen-bond donors (Lipinski definition) is 1. The molecule has 1 unspecified atom stereocenters. The lowest BCUT2D eigenvalue weighted by molar-refractivity contribution is 0.143. The molecule has 0 spiro atoms. The van der Waals surface area contributed by atoms with Crippen LogP contribution in [0.3, 0.4) is 0 Å². The van der Waals surface area contributed by atoms with E-state index in [1.165, 1.54) is 12.8 Å². The minimum Gasteiger partial charge on any atom is -0.384 e. The second kappa shape index (κ2) is 4.97. The molecular weight excluding hydrogens is 224 g/mol. The predicted octanol–water partition coefficient (Wildman–Crippen LogP) is 1.34. The zero-order chi connectivity index (χ0) is 11.5. The van der Waals surface area contributed by atoms with Crippen molar-refractivity contribution in [1.29, 1.82) is 0 Å². The maximum absolute atomic E-state index is 5.22. The molecule has 1 N–H and O–H groups in total. The summed E-state index contributed by atoms with van der Waals surface area (Å²) < 4.78 is 7.81. The Morgan fingerprint density at radius 1 is 1.62 bits per heavy atom. The fourth-order valence-electron chi connectivity index (χ4n) is 2.24. The molecule has 1 saturated heterocycles. The lowest BCUT2D eigenvalue weighted by Gasteiger charge is -2.32. The highest BCUT2D eigenvalue weighted by Crippen LogP contribution is 2.21. The van der Waals surface area contributed by atoms with Crippen molar-refractivity contribution in [2.45, 2.75) is 12.8 Å². The average molecular weight is 242 g/mol. The number of piperidine rings is 1. The van der Waals surface area contributed by atoms with Crippen LogP contribution >= 0.6 is 12.2 Å². The molecule has 6 heteroatoms. The highest BCUT2D eigenvalue weighted by molar-refractivity contribution is 7.71. The fraction of sp³-hybridized carbons (Fsp3) is 0.800. The molecule has 2 rings (SSSR count). The Hall–Kier alpha value is -0.880. The maximum atomic E-state index is 5.22. The van der Waals surface area contributed by atoms with Crippen LogP contribution in [0.5, 0.6) is 0 Å². The number of aromatic amines is 1. The van der Waals surface area contributed by atoms with Gasteiger partial charge in [-0.25, -0.2) is 5.10 Å². The SMILES string of the molecule is COCC1CCCN(c2n[nH]c(=S)n2C)C1. The van der Waals surface area contributed by atoms with Gasteiger partial charge < -0.3 is 9.64 Å². The van der Waals surface area contributed by atoms with Crippen LogP contribution in [0.1, 0.15) is 12.8 Å². The van der Waals surface area contributed by atoms with Gasteiger partial charge in [-0.3, -0.25) is 4.57 Å². The molecule has 1 aliphatic heterocycles. The number of rotatable bonds is 3. The van der Waals surface area contributed by atoms with Gasteiger partial charge in [-0.2, -0.15) is 0 Å². The summed E-state index contributed by atoms with van der Waals surface area (Å²) in [5, 5.41) is 7.09. The standard InChI is InChI=1S/C10H18N4OS/c1-13-9(11-12-10(13)16)14-5-3-4-8(6-14)7-15-2/h8H,3-7H2,1-2H3,(H,12,16). The van der Waals surface area contributed by atoms with E-state index in [-0.39, 0.29) is 0 Å². The molecule has 1 aliphatic rings. The molecule has 0 amide bonds. The van der Waals surface area contributed by atoms with Crippen LogP contribution in [0.4, 0.5) is 5.95 Å². The zero-order valence-electron chi connectivity index (χ0n) is 9.77. The predicted molar refractivity (Wildman–Crippen MR) is 65.2 cm³/mol.